The van der Waals surface area contributed by atoms with Crippen molar-refractivity contribution in [1.29, 1.82) is 5.26 Å². The minimum atomic E-state index is -0.273. The van der Waals surface area contributed by atoms with Gasteiger partial charge in [-0.3, -0.25) is 4.79 Å². The van der Waals surface area contributed by atoms with Crippen LogP contribution in [0.3, 0.4) is 0 Å². The molecule has 19 heavy (non-hydrogen) atoms. The molecule has 0 radical (unpaired) electrons. The molecule has 0 aliphatic carbocycles. The molecule has 1 saturated heterocycles. The van der Waals surface area contributed by atoms with E-state index in [1.165, 1.54) is 0 Å². The van der Waals surface area contributed by atoms with Crippen LogP contribution in [0, 0.1) is 18.3 Å². The number of nitriles is 1. The van der Waals surface area contributed by atoms with Gasteiger partial charge in [0.25, 0.3) is 0 Å². The molecular weight excluding hydrogens is 242 g/mol. The zero-order valence-electron chi connectivity index (χ0n) is 11.0. The summed E-state index contributed by atoms with van der Waals surface area (Å²) in [6.45, 7) is 5.23. The molecule has 0 aromatic heterocycles. The van der Waals surface area contributed by atoms with Crippen molar-refractivity contribution in [3.63, 3.8) is 0 Å². The number of aryl methyl sites for hydroxylation is 1. The van der Waals surface area contributed by atoms with Crippen LogP contribution in [0.1, 0.15) is 12.0 Å². The zero-order valence-corrected chi connectivity index (χ0v) is 11.0. The normalized spacial score (nSPS) is 14.8. The molecule has 0 unspecified atom stereocenters. The molecule has 1 amide bonds. The average Bonchev–Trinajstić information content (AvgIpc) is 2.42. The molecule has 100 valence electrons. The Labute approximate surface area is 112 Å². The Kier molecular flexibility index (Phi) is 4.37. The summed E-state index contributed by atoms with van der Waals surface area (Å²) in [6.07, 6.45) is -0.120. The molecule has 1 fully saturated rings. The van der Waals surface area contributed by atoms with Crippen molar-refractivity contribution in [2.45, 2.75) is 13.3 Å². The van der Waals surface area contributed by atoms with Crippen molar-refractivity contribution in [1.82, 2.24) is 0 Å². The Bertz CT molecular complexity index is 502. The van der Waals surface area contributed by atoms with Gasteiger partial charge >= 0.3 is 0 Å². The van der Waals surface area contributed by atoms with E-state index in [-0.39, 0.29) is 12.3 Å². The van der Waals surface area contributed by atoms with Crippen LogP contribution in [0.25, 0.3) is 0 Å². The summed E-state index contributed by atoms with van der Waals surface area (Å²) in [5, 5.41) is 11.2. The number of nitrogens with zero attached hydrogens (tertiary/aromatic N) is 2. The van der Waals surface area contributed by atoms with Crippen molar-refractivity contribution < 1.29 is 9.53 Å². The standard InChI is InChI=1S/C14H17N3O2/c1-11-10-12(17-6-8-19-9-7-17)2-3-13(11)16-14(18)4-5-15/h2-3,10H,4,6-9H2,1H3,(H,16,18). The van der Waals surface area contributed by atoms with Crippen molar-refractivity contribution in [2.24, 2.45) is 0 Å². The molecule has 0 atom stereocenters. The molecular formula is C14H17N3O2. The Morgan fingerprint density at radius 1 is 1.47 bits per heavy atom. The van der Waals surface area contributed by atoms with Gasteiger partial charge in [0.2, 0.25) is 5.91 Å². The van der Waals surface area contributed by atoms with Crippen LogP contribution in [-0.4, -0.2) is 32.2 Å². The highest BCUT2D eigenvalue weighted by Gasteiger charge is 2.12. The van der Waals surface area contributed by atoms with Crippen molar-refractivity contribution in [3.05, 3.63) is 23.8 Å². The minimum absolute atomic E-state index is 0.120. The van der Waals surface area contributed by atoms with E-state index in [1.807, 2.05) is 31.2 Å². The molecule has 0 spiro atoms. The molecule has 0 saturated carbocycles. The Hall–Kier alpha value is -2.06. The van der Waals surface area contributed by atoms with E-state index in [4.69, 9.17) is 10.00 Å². The molecule has 1 aromatic rings. The molecule has 1 heterocycles. The van der Waals surface area contributed by atoms with E-state index in [0.717, 1.165) is 43.2 Å². The van der Waals surface area contributed by atoms with Crippen LogP contribution >= 0.6 is 0 Å². The van der Waals surface area contributed by atoms with E-state index >= 15 is 0 Å². The highest BCUT2D eigenvalue weighted by molar-refractivity contribution is 5.93. The highest BCUT2D eigenvalue weighted by atomic mass is 16.5. The zero-order chi connectivity index (χ0) is 13.7. The number of hydrogen-bond donors (Lipinski definition) is 1. The van der Waals surface area contributed by atoms with Gasteiger partial charge < -0.3 is 15.0 Å². The summed E-state index contributed by atoms with van der Waals surface area (Å²) in [6, 6.07) is 7.76. The molecule has 2 rings (SSSR count). The third-order valence-corrected chi connectivity index (χ3v) is 3.10. The van der Waals surface area contributed by atoms with Crippen LogP contribution in [0.2, 0.25) is 0 Å². The molecule has 1 aromatic carbocycles. The molecule has 1 aliphatic heterocycles. The van der Waals surface area contributed by atoms with Crippen molar-refractivity contribution in [3.8, 4) is 6.07 Å². The van der Waals surface area contributed by atoms with Gasteiger partial charge in [0.15, 0.2) is 0 Å². The van der Waals surface area contributed by atoms with Crippen LogP contribution in [0.5, 0.6) is 0 Å². The maximum absolute atomic E-state index is 11.4. The van der Waals surface area contributed by atoms with Crippen LogP contribution < -0.4 is 10.2 Å². The minimum Gasteiger partial charge on any atom is -0.378 e. The summed E-state index contributed by atoms with van der Waals surface area (Å²) >= 11 is 0. The van der Waals surface area contributed by atoms with Crippen molar-refractivity contribution >= 4 is 17.3 Å². The monoisotopic (exact) mass is 259 g/mol. The third kappa shape index (κ3) is 3.46. The molecule has 0 bridgehead atoms. The fourth-order valence-electron chi connectivity index (χ4n) is 2.07. The first-order valence-corrected chi connectivity index (χ1v) is 6.31. The summed E-state index contributed by atoms with van der Waals surface area (Å²) < 4.78 is 5.33. The van der Waals surface area contributed by atoms with Crippen LogP contribution in [0.15, 0.2) is 18.2 Å². The summed E-state index contributed by atoms with van der Waals surface area (Å²) in [7, 11) is 0. The Morgan fingerprint density at radius 2 is 2.21 bits per heavy atom. The number of amides is 1. The second-order valence-electron chi connectivity index (χ2n) is 4.48. The Balaban J connectivity index is 2.08. The summed E-state index contributed by atoms with van der Waals surface area (Å²) in [5.41, 5.74) is 2.90. The van der Waals surface area contributed by atoms with Gasteiger partial charge in [0.05, 0.1) is 19.3 Å². The number of carbonyl (C=O) groups is 1. The fraction of sp³-hybridized carbons (Fsp3) is 0.429. The topological polar surface area (TPSA) is 65.4 Å². The van der Waals surface area contributed by atoms with Crippen LogP contribution in [0.4, 0.5) is 11.4 Å². The number of ether oxygens (including phenoxy) is 1. The van der Waals surface area contributed by atoms with E-state index in [0.29, 0.717) is 0 Å². The number of anilines is 2. The van der Waals surface area contributed by atoms with Gasteiger partial charge in [-0.25, -0.2) is 0 Å². The number of nitrogens with one attached hydrogen (secondary N) is 1. The highest BCUT2D eigenvalue weighted by Crippen LogP contribution is 2.23. The quantitative estimate of drug-likeness (QED) is 0.897. The molecule has 1 N–H and O–H groups in total. The van der Waals surface area contributed by atoms with Gasteiger partial charge in [0, 0.05) is 24.5 Å². The lowest BCUT2D eigenvalue weighted by Crippen LogP contribution is -2.36. The Morgan fingerprint density at radius 3 is 2.84 bits per heavy atom. The van der Waals surface area contributed by atoms with Gasteiger partial charge in [-0.1, -0.05) is 0 Å². The molecule has 5 nitrogen and oxygen atoms in total. The van der Waals surface area contributed by atoms with E-state index in [9.17, 15) is 4.79 Å². The number of benzene rings is 1. The summed E-state index contributed by atoms with van der Waals surface area (Å²) in [5.74, 6) is -0.273. The number of rotatable bonds is 3. The SMILES string of the molecule is Cc1cc(N2CCOCC2)ccc1NC(=O)CC#N. The van der Waals surface area contributed by atoms with E-state index in [2.05, 4.69) is 10.2 Å². The maximum Gasteiger partial charge on any atom is 0.238 e. The second-order valence-corrected chi connectivity index (χ2v) is 4.48. The van der Waals surface area contributed by atoms with E-state index in [1.54, 1.807) is 0 Å². The third-order valence-electron chi connectivity index (χ3n) is 3.10. The van der Waals surface area contributed by atoms with Crippen molar-refractivity contribution in [2.75, 3.05) is 36.5 Å². The predicted octanol–water partition coefficient (Wildman–Crippen LogP) is 1.68. The molecule has 5 heteroatoms. The number of morpholine rings is 1. The maximum atomic E-state index is 11.4. The van der Waals surface area contributed by atoms with Crippen LogP contribution in [-0.2, 0) is 9.53 Å². The first-order chi connectivity index (χ1) is 9.20. The summed E-state index contributed by atoms with van der Waals surface area (Å²) in [4.78, 5) is 13.7. The largest absolute Gasteiger partial charge is 0.378 e. The van der Waals surface area contributed by atoms with Gasteiger partial charge in [-0.05, 0) is 30.7 Å². The smallest absolute Gasteiger partial charge is 0.238 e. The first-order valence-electron chi connectivity index (χ1n) is 6.31. The van der Waals surface area contributed by atoms with Gasteiger partial charge in [-0.15, -0.1) is 0 Å². The number of carbonyl (C=O) groups excluding carboxylic acids is 1. The second kappa shape index (κ2) is 6.21. The molecule has 1 aliphatic rings. The average molecular weight is 259 g/mol. The lowest BCUT2D eigenvalue weighted by atomic mass is 10.1. The van der Waals surface area contributed by atoms with Gasteiger partial charge in [0.1, 0.15) is 6.42 Å². The lowest BCUT2D eigenvalue weighted by Gasteiger charge is -2.29. The fourth-order valence-corrected chi connectivity index (χ4v) is 2.07. The lowest BCUT2D eigenvalue weighted by molar-refractivity contribution is -0.115. The first kappa shape index (κ1) is 13.4. The van der Waals surface area contributed by atoms with Gasteiger partial charge in [-0.2, -0.15) is 5.26 Å². The number of hydrogen-bond acceptors (Lipinski definition) is 4. The van der Waals surface area contributed by atoms with E-state index < -0.39 is 0 Å². The predicted molar refractivity (Wildman–Crippen MR) is 73.1 cm³/mol.